The van der Waals surface area contributed by atoms with Crippen molar-refractivity contribution in [3.05, 3.63) is 88.5 Å². The fourth-order valence-corrected chi connectivity index (χ4v) is 3.65. The molecule has 0 atom stereocenters. The third-order valence-corrected chi connectivity index (χ3v) is 5.33. The van der Waals surface area contributed by atoms with Gasteiger partial charge in [-0.25, -0.2) is 0 Å². The quantitative estimate of drug-likeness (QED) is 0.661. The monoisotopic (exact) mass is 414 g/mol. The molecule has 31 heavy (non-hydrogen) atoms. The molecule has 0 saturated heterocycles. The number of nitrogens with one attached hydrogen (secondary N) is 1. The molecule has 1 N–H and O–H groups in total. The van der Waals surface area contributed by atoms with Crippen molar-refractivity contribution in [2.45, 2.75) is 25.7 Å². The average Bonchev–Trinajstić information content (AvgIpc) is 2.78. The highest BCUT2D eigenvalue weighted by atomic mass is 16.2. The van der Waals surface area contributed by atoms with Gasteiger partial charge in [-0.2, -0.15) is 0 Å². The van der Waals surface area contributed by atoms with E-state index in [-0.39, 0.29) is 11.3 Å². The molecule has 1 aliphatic rings. The average molecular weight is 415 g/mol. The Bertz CT molecular complexity index is 1220. The molecular formula is C25H26N4O2. The number of pyridine rings is 2. The van der Waals surface area contributed by atoms with Gasteiger partial charge in [0, 0.05) is 49.9 Å². The Morgan fingerprint density at radius 1 is 1.16 bits per heavy atom. The number of aryl methyl sites for hydroxylation is 1. The zero-order valence-corrected chi connectivity index (χ0v) is 17.8. The molecule has 0 aliphatic heterocycles. The maximum absolute atomic E-state index is 12.9. The number of hydrogen-bond donors (Lipinski definition) is 1. The highest BCUT2D eigenvalue weighted by molar-refractivity contribution is 5.83. The van der Waals surface area contributed by atoms with Gasteiger partial charge in [0.25, 0.3) is 0 Å². The van der Waals surface area contributed by atoms with Crippen LogP contribution in [-0.2, 0) is 11.2 Å². The molecule has 4 rings (SSSR count). The minimum atomic E-state index is -0.0894. The van der Waals surface area contributed by atoms with Gasteiger partial charge in [0.2, 0.25) is 5.91 Å². The number of carbonyl (C=O) groups is 1. The summed E-state index contributed by atoms with van der Waals surface area (Å²) in [5, 5.41) is 3.97. The van der Waals surface area contributed by atoms with E-state index in [9.17, 15) is 9.59 Å². The van der Waals surface area contributed by atoms with Crippen LogP contribution < -0.4 is 10.7 Å². The van der Waals surface area contributed by atoms with Gasteiger partial charge in [-0.15, -0.1) is 0 Å². The van der Waals surface area contributed by atoms with E-state index >= 15 is 0 Å². The summed E-state index contributed by atoms with van der Waals surface area (Å²) in [6, 6.07) is 13.5. The molecule has 158 valence electrons. The number of allylic oxidation sites excluding steroid dienone is 3. The number of amides is 1. The molecule has 0 unspecified atom stereocenters. The van der Waals surface area contributed by atoms with E-state index in [1.165, 1.54) is 0 Å². The van der Waals surface area contributed by atoms with Crippen LogP contribution in [0, 0.1) is 0 Å². The summed E-state index contributed by atoms with van der Waals surface area (Å²) in [5.74, 6) is 0.747. The summed E-state index contributed by atoms with van der Waals surface area (Å²) in [4.78, 5) is 30.9. The van der Waals surface area contributed by atoms with Crippen LogP contribution in [0.25, 0.3) is 16.6 Å². The van der Waals surface area contributed by atoms with E-state index in [1.54, 1.807) is 31.3 Å². The van der Waals surface area contributed by atoms with Crippen molar-refractivity contribution in [3.63, 3.8) is 0 Å². The van der Waals surface area contributed by atoms with Crippen molar-refractivity contribution in [2.75, 3.05) is 19.4 Å². The number of anilines is 1. The largest absolute Gasteiger partial charge is 0.349 e. The Balaban J connectivity index is 1.84. The van der Waals surface area contributed by atoms with Crippen LogP contribution in [0.4, 0.5) is 5.82 Å². The molecule has 0 fully saturated rings. The molecule has 1 aliphatic carbocycles. The van der Waals surface area contributed by atoms with E-state index in [1.807, 2.05) is 47.0 Å². The lowest BCUT2D eigenvalue weighted by Gasteiger charge is -2.20. The molecule has 6 heteroatoms. The number of hydrogen-bond acceptors (Lipinski definition) is 4. The van der Waals surface area contributed by atoms with Gasteiger partial charge < -0.3 is 10.2 Å². The second-order valence-electron chi connectivity index (χ2n) is 7.81. The van der Waals surface area contributed by atoms with Crippen LogP contribution in [0.5, 0.6) is 0 Å². The predicted octanol–water partition coefficient (Wildman–Crippen LogP) is 4.05. The Morgan fingerprint density at radius 3 is 2.68 bits per heavy atom. The Labute approximate surface area is 181 Å². The molecule has 2 aromatic heterocycles. The topological polar surface area (TPSA) is 67.2 Å². The van der Waals surface area contributed by atoms with Crippen molar-refractivity contribution in [3.8, 4) is 5.69 Å². The maximum Gasteiger partial charge on any atom is 0.222 e. The molecule has 1 aromatic carbocycles. The number of nitrogens with zero attached hydrogens (tertiary/aromatic N) is 3. The molecule has 3 aromatic rings. The van der Waals surface area contributed by atoms with Crippen molar-refractivity contribution < 1.29 is 4.79 Å². The first kappa shape index (κ1) is 20.6. The lowest BCUT2D eigenvalue weighted by atomic mass is 10.1. The molecule has 2 heterocycles. The fraction of sp³-hybridized carbons (Fsp3) is 0.240. The first-order valence-electron chi connectivity index (χ1n) is 10.5. The van der Waals surface area contributed by atoms with Gasteiger partial charge in [0.1, 0.15) is 5.82 Å². The van der Waals surface area contributed by atoms with Crippen LogP contribution >= 0.6 is 0 Å². The smallest absolute Gasteiger partial charge is 0.222 e. The molecule has 0 bridgehead atoms. The van der Waals surface area contributed by atoms with Crippen LogP contribution in [0.2, 0.25) is 0 Å². The number of fused-ring (bicyclic) bond motifs is 1. The van der Waals surface area contributed by atoms with Gasteiger partial charge in [0.15, 0.2) is 5.43 Å². The second-order valence-corrected chi connectivity index (χ2v) is 7.81. The summed E-state index contributed by atoms with van der Waals surface area (Å²) in [5.41, 5.74) is 3.37. The second kappa shape index (κ2) is 9.00. The normalized spacial score (nSPS) is 13.2. The van der Waals surface area contributed by atoms with Gasteiger partial charge in [-0.3, -0.25) is 19.1 Å². The first-order chi connectivity index (χ1) is 15.0. The SMILES string of the molecule is CN(C)C(=O)CCc1cc2c(cn1)c(=O)cc(NC1=CCCC=C1)n2-c1ccccc1. The van der Waals surface area contributed by atoms with E-state index in [0.29, 0.717) is 24.0 Å². The van der Waals surface area contributed by atoms with E-state index in [0.717, 1.165) is 35.4 Å². The molecule has 6 nitrogen and oxygen atoms in total. The van der Waals surface area contributed by atoms with Gasteiger partial charge in [-0.05, 0) is 43.5 Å². The van der Waals surface area contributed by atoms with E-state index in [4.69, 9.17) is 0 Å². The highest BCUT2D eigenvalue weighted by Gasteiger charge is 2.14. The summed E-state index contributed by atoms with van der Waals surface area (Å²) in [6.07, 6.45) is 10.8. The minimum absolute atomic E-state index is 0.0498. The lowest BCUT2D eigenvalue weighted by molar-refractivity contribution is -0.128. The van der Waals surface area contributed by atoms with E-state index < -0.39 is 0 Å². The number of para-hydroxylation sites is 1. The third-order valence-electron chi connectivity index (χ3n) is 5.33. The predicted molar refractivity (Wildman–Crippen MR) is 124 cm³/mol. The van der Waals surface area contributed by atoms with Crippen LogP contribution in [0.15, 0.2) is 77.4 Å². The van der Waals surface area contributed by atoms with Crippen LogP contribution in [0.3, 0.4) is 0 Å². The van der Waals surface area contributed by atoms with Crippen molar-refractivity contribution in [1.29, 1.82) is 0 Å². The van der Waals surface area contributed by atoms with Crippen molar-refractivity contribution in [2.24, 2.45) is 0 Å². The number of aromatic nitrogens is 2. The Kier molecular flexibility index (Phi) is 5.98. The Hall–Kier alpha value is -3.67. The number of benzene rings is 1. The minimum Gasteiger partial charge on any atom is -0.349 e. The van der Waals surface area contributed by atoms with Gasteiger partial charge >= 0.3 is 0 Å². The summed E-state index contributed by atoms with van der Waals surface area (Å²) in [7, 11) is 3.49. The number of carbonyl (C=O) groups excluding carboxylic acids is 1. The van der Waals surface area contributed by atoms with Gasteiger partial charge in [-0.1, -0.05) is 30.4 Å². The molecule has 0 radical (unpaired) electrons. The van der Waals surface area contributed by atoms with Crippen molar-refractivity contribution >= 4 is 22.6 Å². The number of rotatable bonds is 6. The summed E-state index contributed by atoms with van der Waals surface area (Å²) >= 11 is 0. The Morgan fingerprint density at radius 2 is 1.97 bits per heavy atom. The van der Waals surface area contributed by atoms with Crippen LogP contribution in [0.1, 0.15) is 25.0 Å². The maximum atomic E-state index is 12.9. The molecule has 0 spiro atoms. The van der Waals surface area contributed by atoms with Crippen LogP contribution in [-0.4, -0.2) is 34.5 Å². The van der Waals surface area contributed by atoms with Crippen molar-refractivity contribution in [1.82, 2.24) is 14.5 Å². The lowest BCUT2D eigenvalue weighted by Crippen LogP contribution is -2.22. The van der Waals surface area contributed by atoms with E-state index in [2.05, 4.69) is 22.5 Å². The highest BCUT2D eigenvalue weighted by Crippen LogP contribution is 2.25. The van der Waals surface area contributed by atoms with Gasteiger partial charge in [0.05, 0.1) is 10.9 Å². The first-order valence-corrected chi connectivity index (χ1v) is 10.5. The standard InChI is InChI=1S/C25H26N4O2/c1-28(2)25(31)14-13-19-15-22-21(17-26-19)23(30)16-24(27-18-9-5-3-6-10-18)29(22)20-11-7-4-8-12-20/h4-5,7-12,15-17,27H,3,6,13-14H2,1-2H3. The fourth-order valence-electron chi connectivity index (χ4n) is 3.65. The summed E-state index contributed by atoms with van der Waals surface area (Å²) in [6.45, 7) is 0. The molecule has 1 amide bonds. The molecule has 0 saturated carbocycles. The zero-order chi connectivity index (χ0) is 21.8. The zero-order valence-electron chi connectivity index (χ0n) is 17.8. The summed E-state index contributed by atoms with van der Waals surface area (Å²) < 4.78 is 2.04. The third kappa shape index (κ3) is 4.58. The molecular weight excluding hydrogens is 388 g/mol.